The molecule has 1 aliphatic rings. The number of ether oxygens (including phenoxy) is 1. The van der Waals surface area contributed by atoms with Gasteiger partial charge in [0.25, 0.3) is 0 Å². The summed E-state index contributed by atoms with van der Waals surface area (Å²) in [5.74, 6) is 0.515. The summed E-state index contributed by atoms with van der Waals surface area (Å²) in [5.41, 5.74) is 1.54. The number of hydrogen-bond donors (Lipinski definition) is 0. The van der Waals surface area contributed by atoms with E-state index in [-0.39, 0.29) is 11.3 Å². The molecule has 0 radical (unpaired) electrons. The molecule has 0 aromatic carbocycles. The maximum atomic E-state index is 12.7. The van der Waals surface area contributed by atoms with E-state index >= 15 is 0 Å². The third kappa shape index (κ3) is 3.55. The first-order valence-electron chi connectivity index (χ1n) is 7.38. The highest BCUT2D eigenvalue weighted by molar-refractivity contribution is 9.10. The second-order valence-electron chi connectivity index (χ2n) is 6.44. The zero-order valence-corrected chi connectivity index (χ0v) is 15.7. The van der Waals surface area contributed by atoms with Crippen molar-refractivity contribution in [2.45, 2.75) is 32.6 Å². The minimum absolute atomic E-state index is 0.00626. The Morgan fingerprint density at radius 2 is 2.26 bits per heavy atom. The molecule has 0 saturated carbocycles. The summed E-state index contributed by atoms with van der Waals surface area (Å²) in [4.78, 5) is 23.2. The molecule has 1 aliphatic heterocycles. The molecule has 0 fully saturated rings. The summed E-state index contributed by atoms with van der Waals surface area (Å²) in [6.45, 7) is 7.36. The Balaban J connectivity index is 1.80. The topological polar surface area (TPSA) is 55.3 Å². The van der Waals surface area contributed by atoms with Gasteiger partial charge in [-0.3, -0.25) is 4.79 Å². The molecule has 0 unspecified atom stereocenters. The molecule has 122 valence electrons. The van der Waals surface area contributed by atoms with Crippen LogP contribution in [0.25, 0.3) is 0 Å². The number of thiazole rings is 1. The molecule has 3 rings (SSSR count). The van der Waals surface area contributed by atoms with Crippen LogP contribution in [-0.4, -0.2) is 29.0 Å². The van der Waals surface area contributed by atoms with Crippen LogP contribution in [-0.2, 0) is 16.6 Å². The third-order valence-electron chi connectivity index (χ3n) is 3.47. The fourth-order valence-corrected chi connectivity index (χ4v) is 3.54. The number of aromatic nitrogens is 2. The fraction of sp³-hybridized carbons (Fsp3) is 0.438. The van der Waals surface area contributed by atoms with Gasteiger partial charge in [0, 0.05) is 21.5 Å². The molecule has 2 aromatic rings. The molecule has 0 spiro atoms. The van der Waals surface area contributed by atoms with Gasteiger partial charge in [-0.25, -0.2) is 9.97 Å². The lowest BCUT2D eigenvalue weighted by atomic mass is 9.98. The average Bonchev–Trinajstić information content (AvgIpc) is 2.95. The van der Waals surface area contributed by atoms with E-state index in [4.69, 9.17) is 4.74 Å². The van der Waals surface area contributed by atoms with Crippen molar-refractivity contribution in [2.24, 2.45) is 0 Å². The van der Waals surface area contributed by atoms with Crippen LogP contribution in [0.1, 0.15) is 31.5 Å². The standard InChI is InChI=1S/C16H18BrN3O2S/c1-16(2,3)15-19-11(9-23-15)7-13(21)20-4-5-22-14-12(20)6-10(17)8-18-14/h6,8-9H,4-5,7H2,1-3H3. The Kier molecular flexibility index (Phi) is 4.42. The number of nitrogens with zero attached hydrogens (tertiary/aromatic N) is 3. The second kappa shape index (κ2) is 6.20. The normalized spacial score (nSPS) is 14.3. The van der Waals surface area contributed by atoms with Crippen LogP contribution in [0, 0.1) is 0 Å². The number of rotatable bonds is 2. The summed E-state index contributed by atoms with van der Waals surface area (Å²) in [5, 5.41) is 3.02. The zero-order chi connectivity index (χ0) is 16.6. The van der Waals surface area contributed by atoms with E-state index in [9.17, 15) is 4.79 Å². The van der Waals surface area contributed by atoms with Crippen molar-refractivity contribution in [3.05, 3.63) is 32.8 Å². The monoisotopic (exact) mass is 395 g/mol. The highest BCUT2D eigenvalue weighted by atomic mass is 79.9. The Morgan fingerprint density at radius 1 is 1.48 bits per heavy atom. The van der Waals surface area contributed by atoms with Crippen molar-refractivity contribution in [3.63, 3.8) is 0 Å². The molecule has 0 bridgehead atoms. The number of fused-ring (bicyclic) bond motifs is 1. The number of anilines is 1. The maximum absolute atomic E-state index is 12.7. The Morgan fingerprint density at radius 3 is 2.96 bits per heavy atom. The lowest BCUT2D eigenvalue weighted by Gasteiger charge is -2.28. The van der Waals surface area contributed by atoms with Gasteiger partial charge in [0.05, 0.1) is 23.7 Å². The molecule has 0 N–H and O–H groups in total. The molecule has 0 saturated heterocycles. The maximum Gasteiger partial charge on any atom is 0.238 e. The third-order valence-corrected chi connectivity index (χ3v) is 5.22. The van der Waals surface area contributed by atoms with Crippen molar-refractivity contribution >= 4 is 38.9 Å². The first-order valence-corrected chi connectivity index (χ1v) is 9.05. The lowest BCUT2D eigenvalue weighted by molar-refractivity contribution is -0.118. The highest BCUT2D eigenvalue weighted by Crippen LogP contribution is 2.32. The number of hydrogen-bond acceptors (Lipinski definition) is 5. The van der Waals surface area contributed by atoms with E-state index in [1.54, 1.807) is 22.4 Å². The van der Waals surface area contributed by atoms with Gasteiger partial charge in [-0.05, 0) is 22.0 Å². The summed E-state index contributed by atoms with van der Waals surface area (Å²) in [7, 11) is 0. The van der Waals surface area contributed by atoms with Crippen molar-refractivity contribution in [1.82, 2.24) is 9.97 Å². The summed E-state index contributed by atoms with van der Waals surface area (Å²) in [6.07, 6.45) is 1.96. The molecule has 7 heteroatoms. The summed E-state index contributed by atoms with van der Waals surface area (Å²) in [6, 6.07) is 1.86. The number of carbonyl (C=O) groups is 1. The predicted molar refractivity (Wildman–Crippen MR) is 94.3 cm³/mol. The minimum Gasteiger partial charge on any atom is -0.474 e. The van der Waals surface area contributed by atoms with E-state index in [1.165, 1.54) is 0 Å². The van der Waals surface area contributed by atoms with Crippen LogP contribution >= 0.6 is 27.3 Å². The zero-order valence-electron chi connectivity index (χ0n) is 13.3. The number of amides is 1. The summed E-state index contributed by atoms with van der Waals surface area (Å²) >= 11 is 5.00. The van der Waals surface area contributed by atoms with Gasteiger partial charge in [-0.15, -0.1) is 11.3 Å². The largest absolute Gasteiger partial charge is 0.474 e. The van der Waals surface area contributed by atoms with Gasteiger partial charge < -0.3 is 9.64 Å². The first kappa shape index (κ1) is 16.4. The van der Waals surface area contributed by atoms with E-state index in [1.807, 2.05) is 11.4 Å². The average molecular weight is 396 g/mol. The predicted octanol–water partition coefficient (Wildman–Crippen LogP) is 3.57. The van der Waals surface area contributed by atoms with E-state index in [0.717, 1.165) is 15.2 Å². The Labute approximate surface area is 147 Å². The molecule has 0 atom stereocenters. The van der Waals surface area contributed by atoms with Crippen molar-refractivity contribution in [1.29, 1.82) is 0 Å². The molecule has 1 amide bonds. The van der Waals surface area contributed by atoms with Crippen LogP contribution < -0.4 is 9.64 Å². The van der Waals surface area contributed by atoms with Crippen molar-refractivity contribution in [2.75, 3.05) is 18.1 Å². The van der Waals surface area contributed by atoms with Crippen LogP contribution in [0.2, 0.25) is 0 Å². The van der Waals surface area contributed by atoms with Crippen LogP contribution in [0.5, 0.6) is 5.88 Å². The van der Waals surface area contributed by atoms with Crippen LogP contribution in [0.4, 0.5) is 5.69 Å². The van der Waals surface area contributed by atoms with Gasteiger partial charge in [0.1, 0.15) is 12.3 Å². The quantitative estimate of drug-likeness (QED) is 0.779. The van der Waals surface area contributed by atoms with E-state index in [0.29, 0.717) is 31.1 Å². The molecule has 5 nitrogen and oxygen atoms in total. The number of carbonyl (C=O) groups excluding carboxylic acids is 1. The fourth-order valence-electron chi connectivity index (χ4n) is 2.32. The lowest BCUT2D eigenvalue weighted by Crippen LogP contribution is -2.39. The number of halogens is 1. The molecule has 2 aromatic heterocycles. The van der Waals surface area contributed by atoms with Gasteiger partial charge in [-0.1, -0.05) is 20.8 Å². The minimum atomic E-state index is 0.00626. The second-order valence-corrected chi connectivity index (χ2v) is 8.22. The summed E-state index contributed by atoms with van der Waals surface area (Å²) < 4.78 is 6.34. The van der Waals surface area contributed by atoms with Crippen molar-refractivity contribution in [3.8, 4) is 5.88 Å². The van der Waals surface area contributed by atoms with Crippen LogP contribution in [0.3, 0.4) is 0 Å². The van der Waals surface area contributed by atoms with Gasteiger partial charge in [0.15, 0.2) is 0 Å². The highest BCUT2D eigenvalue weighted by Gasteiger charge is 2.26. The molecular formula is C16H18BrN3O2S. The van der Waals surface area contributed by atoms with Gasteiger partial charge >= 0.3 is 0 Å². The molecule has 0 aliphatic carbocycles. The first-order chi connectivity index (χ1) is 10.8. The number of pyridine rings is 1. The smallest absolute Gasteiger partial charge is 0.238 e. The van der Waals surface area contributed by atoms with Gasteiger partial charge in [-0.2, -0.15) is 0 Å². The molecular weight excluding hydrogens is 378 g/mol. The Bertz CT molecular complexity index is 739. The Hall–Kier alpha value is -1.47. The van der Waals surface area contributed by atoms with E-state index < -0.39 is 0 Å². The van der Waals surface area contributed by atoms with E-state index in [2.05, 4.69) is 46.7 Å². The van der Waals surface area contributed by atoms with Crippen LogP contribution in [0.15, 0.2) is 22.1 Å². The SMILES string of the molecule is CC(C)(C)c1nc(CC(=O)N2CCOc3ncc(Br)cc32)cs1. The molecule has 23 heavy (non-hydrogen) atoms. The van der Waals surface area contributed by atoms with Crippen molar-refractivity contribution < 1.29 is 9.53 Å². The van der Waals surface area contributed by atoms with Gasteiger partial charge in [0.2, 0.25) is 11.8 Å². The molecule has 3 heterocycles.